The van der Waals surface area contributed by atoms with Crippen molar-refractivity contribution in [2.24, 2.45) is 0 Å². The molecule has 1 aromatic heterocycles. The molecule has 2 aliphatic heterocycles. The predicted molar refractivity (Wildman–Crippen MR) is 137 cm³/mol. The number of carbonyl (C=O) groups is 3. The molecule has 1 atom stereocenters. The number of nitrogens with zero attached hydrogens (tertiary/aromatic N) is 1. The van der Waals surface area contributed by atoms with Gasteiger partial charge in [-0.15, -0.1) is 0 Å². The van der Waals surface area contributed by atoms with Gasteiger partial charge in [-0.2, -0.15) is 0 Å². The molecule has 0 aliphatic carbocycles. The van der Waals surface area contributed by atoms with E-state index in [1.54, 1.807) is 12.1 Å². The summed E-state index contributed by atoms with van der Waals surface area (Å²) in [6, 6.07) is 17.1. The molecule has 1 N–H and O–H groups in total. The third-order valence-electron chi connectivity index (χ3n) is 7.10. The van der Waals surface area contributed by atoms with E-state index in [0.717, 1.165) is 46.6 Å². The van der Waals surface area contributed by atoms with Crippen LogP contribution in [-0.2, 0) is 27.4 Å². The minimum atomic E-state index is -0.403. The summed E-state index contributed by atoms with van der Waals surface area (Å²) in [6.45, 7) is 1.33. The van der Waals surface area contributed by atoms with Crippen LogP contribution in [0.2, 0.25) is 0 Å². The Hall–Kier alpha value is -4.01. The number of aromatic nitrogens is 1. The van der Waals surface area contributed by atoms with Crippen molar-refractivity contribution in [3.63, 3.8) is 0 Å². The smallest absolute Gasteiger partial charge is 0.337 e. The van der Waals surface area contributed by atoms with Gasteiger partial charge in [-0.1, -0.05) is 30.3 Å². The number of imide groups is 1. The molecule has 0 saturated carbocycles. The molecular weight excluding hydrogens is 472 g/mol. The number of carbonyl (C=O) groups excluding carboxylic acids is 3. The molecule has 6 rings (SSSR count). The Bertz CT molecular complexity index is 1550. The van der Waals surface area contributed by atoms with Crippen molar-refractivity contribution in [2.45, 2.75) is 38.7 Å². The van der Waals surface area contributed by atoms with E-state index in [4.69, 9.17) is 14.2 Å². The highest BCUT2D eigenvalue weighted by Crippen LogP contribution is 2.38. The second kappa shape index (κ2) is 9.46. The van der Waals surface area contributed by atoms with Gasteiger partial charge in [-0.05, 0) is 54.7 Å². The number of amides is 2. The summed E-state index contributed by atoms with van der Waals surface area (Å²) in [5, 5.41) is 4.13. The number of ether oxygens (including phenoxy) is 3. The van der Waals surface area contributed by atoms with Crippen molar-refractivity contribution in [3.8, 4) is 0 Å². The van der Waals surface area contributed by atoms with Gasteiger partial charge in [0.05, 0.1) is 35.9 Å². The van der Waals surface area contributed by atoms with Gasteiger partial charge in [0.1, 0.15) is 0 Å². The van der Waals surface area contributed by atoms with Gasteiger partial charge >= 0.3 is 5.97 Å². The lowest BCUT2D eigenvalue weighted by atomic mass is 9.97. The van der Waals surface area contributed by atoms with Gasteiger partial charge in [0.2, 0.25) is 0 Å². The van der Waals surface area contributed by atoms with Crippen LogP contribution in [0.5, 0.6) is 0 Å². The van der Waals surface area contributed by atoms with Crippen molar-refractivity contribution in [3.05, 3.63) is 82.4 Å². The Morgan fingerprint density at radius 3 is 2.57 bits per heavy atom. The minimum absolute atomic E-state index is 0.166. The molecule has 8 heteroatoms. The van der Waals surface area contributed by atoms with Gasteiger partial charge in [0, 0.05) is 29.4 Å². The summed E-state index contributed by atoms with van der Waals surface area (Å²) in [4.78, 5) is 37.8. The highest BCUT2D eigenvalue weighted by molar-refractivity contribution is 6.30. The van der Waals surface area contributed by atoms with Gasteiger partial charge in [0.15, 0.2) is 6.29 Å². The summed E-state index contributed by atoms with van der Waals surface area (Å²) >= 11 is 0. The normalized spacial score (nSPS) is 17.3. The third-order valence-corrected chi connectivity index (χ3v) is 7.10. The second-order valence-electron chi connectivity index (χ2n) is 9.36. The van der Waals surface area contributed by atoms with Crippen LogP contribution in [0.3, 0.4) is 0 Å². The number of benzene rings is 3. The lowest BCUT2D eigenvalue weighted by Crippen LogP contribution is -2.23. The molecule has 188 valence electrons. The van der Waals surface area contributed by atoms with Crippen LogP contribution in [-0.4, -0.2) is 42.4 Å². The molecule has 8 nitrogen and oxygen atoms in total. The number of para-hydroxylation sites is 1. The fraction of sp³-hybridized carbons (Fsp3) is 0.276. The Kier molecular flexibility index (Phi) is 5.98. The predicted octanol–water partition coefficient (Wildman–Crippen LogP) is 4.56. The average molecular weight is 499 g/mol. The Morgan fingerprint density at radius 1 is 1.03 bits per heavy atom. The lowest BCUT2D eigenvalue weighted by Gasteiger charge is -2.23. The molecule has 0 bridgehead atoms. The Balaban J connectivity index is 1.48. The number of methoxy groups -OCH3 is 1. The van der Waals surface area contributed by atoms with Gasteiger partial charge in [-0.25, -0.2) is 4.79 Å². The Morgan fingerprint density at radius 2 is 1.81 bits per heavy atom. The van der Waals surface area contributed by atoms with Crippen molar-refractivity contribution >= 4 is 39.6 Å². The maximum atomic E-state index is 13.0. The zero-order valence-corrected chi connectivity index (χ0v) is 20.4. The molecule has 4 aromatic rings. The highest BCUT2D eigenvalue weighted by atomic mass is 16.7. The maximum absolute atomic E-state index is 13.0. The first kappa shape index (κ1) is 23.4. The minimum Gasteiger partial charge on any atom is -0.465 e. The van der Waals surface area contributed by atoms with Crippen LogP contribution < -0.4 is 5.32 Å². The summed E-state index contributed by atoms with van der Waals surface area (Å²) in [5.74, 6) is -1.19. The molecule has 2 aliphatic rings. The van der Waals surface area contributed by atoms with Crippen LogP contribution in [0.4, 0.5) is 0 Å². The van der Waals surface area contributed by atoms with Crippen molar-refractivity contribution in [1.29, 1.82) is 0 Å². The van der Waals surface area contributed by atoms with E-state index >= 15 is 0 Å². The molecule has 1 saturated heterocycles. The average Bonchev–Trinajstić information content (AvgIpc) is 3.41. The highest BCUT2D eigenvalue weighted by Gasteiger charge is 2.34. The Labute approximate surface area is 213 Å². The first-order valence-electron chi connectivity index (χ1n) is 12.4. The molecule has 3 aromatic carbocycles. The van der Waals surface area contributed by atoms with Crippen LogP contribution in [0.15, 0.2) is 54.6 Å². The number of hydrogen-bond donors (Lipinski definition) is 1. The lowest BCUT2D eigenvalue weighted by molar-refractivity contribution is -0.168. The van der Waals surface area contributed by atoms with Gasteiger partial charge in [-0.3, -0.25) is 14.9 Å². The van der Waals surface area contributed by atoms with Crippen molar-refractivity contribution in [1.82, 2.24) is 9.88 Å². The van der Waals surface area contributed by atoms with E-state index in [-0.39, 0.29) is 18.9 Å². The summed E-state index contributed by atoms with van der Waals surface area (Å²) in [7, 11) is 1.36. The van der Waals surface area contributed by atoms with E-state index in [1.807, 2.05) is 42.5 Å². The van der Waals surface area contributed by atoms with E-state index < -0.39 is 11.8 Å². The van der Waals surface area contributed by atoms with Gasteiger partial charge < -0.3 is 18.8 Å². The fourth-order valence-electron chi connectivity index (χ4n) is 5.33. The maximum Gasteiger partial charge on any atom is 0.337 e. The summed E-state index contributed by atoms with van der Waals surface area (Å²) < 4.78 is 18.7. The van der Waals surface area contributed by atoms with E-state index in [1.165, 1.54) is 7.11 Å². The van der Waals surface area contributed by atoms with E-state index in [2.05, 4.69) is 9.88 Å². The standard InChI is InChI=1S/C29H26N2O6/c1-35-29(34)18-11-9-17(10-12-18)15-31-21-7-3-2-6-20(21)25-22(31)14-19(16-37-23-8-4-5-13-36-23)24-26(25)28(33)30-27(24)32/h2-3,6-7,9-12,14,23H,4-5,8,13,15-16H2,1H3,(H,30,32,33). The van der Waals surface area contributed by atoms with Crippen LogP contribution in [0, 0.1) is 0 Å². The zero-order chi connectivity index (χ0) is 25.5. The monoisotopic (exact) mass is 498 g/mol. The van der Waals surface area contributed by atoms with E-state index in [9.17, 15) is 14.4 Å². The second-order valence-corrected chi connectivity index (χ2v) is 9.36. The van der Waals surface area contributed by atoms with Crippen LogP contribution in [0.25, 0.3) is 21.8 Å². The zero-order valence-electron chi connectivity index (χ0n) is 20.4. The molecule has 37 heavy (non-hydrogen) atoms. The molecule has 2 amide bonds. The topological polar surface area (TPSA) is 95.9 Å². The molecule has 0 radical (unpaired) electrons. The fourth-order valence-corrected chi connectivity index (χ4v) is 5.33. The number of rotatable bonds is 6. The van der Waals surface area contributed by atoms with Crippen molar-refractivity contribution < 1.29 is 28.6 Å². The first-order chi connectivity index (χ1) is 18.0. The quantitative estimate of drug-likeness (QED) is 0.309. The van der Waals surface area contributed by atoms with E-state index in [0.29, 0.717) is 35.4 Å². The summed E-state index contributed by atoms with van der Waals surface area (Å²) in [5.41, 5.74) is 4.66. The first-order valence-corrected chi connectivity index (χ1v) is 12.4. The number of nitrogens with one attached hydrogen (secondary N) is 1. The number of fused-ring (bicyclic) bond motifs is 5. The van der Waals surface area contributed by atoms with Crippen LogP contribution >= 0.6 is 0 Å². The molecule has 3 heterocycles. The SMILES string of the molecule is COC(=O)c1ccc(Cn2c3ccccc3c3c4c(c(COC5CCCCO5)cc32)C(=O)NC4=O)cc1. The molecular formula is C29H26N2O6. The molecule has 1 fully saturated rings. The van der Waals surface area contributed by atoms with Crippen molar-refractivity contribution in [2.75, 3.05) is 13.7 Å². The molecule has 1 unspecified atom stereocenters. The van der Waals surface area contributed by atoms with Crippen LogP contribution in [0.1, 0.15) is 61.5 Å². The number of esters is 1. The number of hydrogen-bond acceptors (Lipinski definition) is 6. The largest absolute Gasteiger partial charge is 0.465 e. The van der Waals surface area contributed by atoms with Gasteiger partial charge in [0.25, 0.3) is 11.8 Å². The summed E-state index contributed by atoms with van der Waals surface area (Å²) in [6.07, 6.45) is 2.53. The molecule has 0 spiro atoms. The third kappa shape index (κ3) is 4.08.